The highest BCUT2D eigenvalue weighted by molar-refractivity contribution is 6.74. The van der Waals surface area contributed by atoms with Gasteiger partial charge in [0.05, 0.1) is 18.9 Å². The van der Waals surface area contributed by atoms with Gasteiger partial charge in [-0.1, -0.05) is 51.1 Å². The van der Waals surface area contributed by atoms with Crippen LogP contribution >= 0.6 is 0 Å². The molecule has 0 aliphatic carbocycles. The molecule has 0 aliphatic heterocycles. The van der Waals surface area contributed by atoms with E-state index in [-0.39, 0.29) is 17.9 Å². The van der Waals surface area contributed by atoms with Crippen LogP contribution in [0.3, 0.4) is 0 Å². The molecule has 2 unspecified atom stereocenters. The van der Waals surface area contributed by atoms with Gasteiger partial charge in [-0.05, 0) is 23.7 Å². The third-order valence-corrected chi connectivity index (χ3v) is 9.15. The molecule has 27 heavy (non-hydrogen) atoms. The van der Waals surface area contributed by atoms with Gasteiger partial charge in [-0.3, -0.25) is 9.59 Å². The van der Waals surface area contributed by atoms with Gasteiger partial charge in [0.25, 0.3) is 0 Å². The molecule has 0 radical (unpaired) electrons. The lowest BCUT2D eigenvalue weighted by atomic mass is 10.1. The average Bonchev–Trinajstić information content (AvgIpc) is 2.52. The minimum absolute atomic E-state index is 0.174. The first-order valence-corrected chi connectivity index (χ1v) is 11.6. The maximum Gasteiger partial charge on any atom is 0.347 e. The van der Waals surface area contributed by atoms with E-state index in [0.717, 1.165) is 0 Å². The number of carbonyl (C=O) groups is 3. The summed E-state index contributed by atoms with van der Waals surface area (Å²) in [6.07, 6.45) is -3.25. The van der Waals surface area contributed by atoms with Crippen molar-refractivity contribution in [1.29, 1.82) is 0 Å². The third-order valence-electron chi connectivity index (χ3n) is 4.62. The Morgan fingerprint density at radius 2 is 1.63 bits per heavy atom. The molecule has 0 saturated heterocycles. The van der Waals surface area contributed by atoms with Crippen LogP contribution in [0, 0.1) is 0 Å². The summed E-state index contributed by atoms with van der Waals surface area (Å²) in [5.41, 5.74) is 0.301. The number of aliphatic hydroxyl groups is 1. The largest absolute Gasteiger partial charge is 0.481 e. The molecule has 0 heterocycles. The second-order valence-electron chi connectivity index (χ2n) is 7.91. The summed E-state index contributed by atoms with van der Waals surface area (Å²) in [4.78, 5) is 35.2. The van der Waals surface area contributed by atoms with Gasteiger partial charge in [-0.2, -0.15) is 0 Å². The number of carbonyl (C=O) groups excluding carboxylic acids is 2. The monoisotopic (exact) mass is 396 g/mol. The van der Waals surface area contributed by atoms with Gasteiger partial charge in [0.2, 0.25) is 0 Å². The molecule has 0 spiro atoms. The Morgan fingerprint density at radius 1 is 1.07 bits per heavy atom. The molecule has 1 aromatic carbocycles. The van der Waals surface area contributed by atoms with E-state index in [1.165, 1.54) is 12.1 Å². The van der Waals surface area contributed by atoms with Crippen LogP contribution in [0.15, 0.2) is 30.3 Å². The Morgan fingerprint density at radius 3 is 2.11 bits per heavy atom. The number of hydrogen-bond acceptors (Lipinski definition) is 6. The highest BCUT2D eigenvalue weighted by Gasteiger charge is 2.40. The zero-order chi connectivity index (χ0) is 20.8. The molecule has 0 aromatic heterocycles. The second kappa shape index (κ2) is 9.25. The quantitative estimate of drug-likeness (QED) is 0.395. The van der Waals surface area contributed by atoms with E-state index < -0.39 is 38.4 Å². The van der Waals surface area contributed by atoms with Crippen LogP contribution in [-0.2, 0) is 23.5 Å². The van der Waals surface area contributed by atoms with Crippen LogP contribution in [0.5, 0.6) is 0 Å². The molecule has 7 nitrogen and oxygen atoms in total. The van der Waals surface area contributed by atoms with E-state index >= 15 is 0 Å². The molecular formula is C19H28O7Si. The van der Waals surface area contributed by atoms with Gasteiger partial charge in [0.1, 0.15) is 0 Å². The smallest absolute Gasteiger partial charge is 0.347 e. The standard InChI is InChI=1S/C19H28O7Si/c1-19(2,3)27(4,5)26-14(11-15(20)21)12-16(22)25-18(24)17(23)13-9-7-6-8-10-13/h6-10,14,17,23H,11-12H2,1-5H3,(H,20,21). The number of rotatable bonds is 8. The summed E-state index contributed by atoms with van der Waals surface area (Å²) < 4.78 is 10.7. The van der Waals surface area contributed by atoms with E-state index in [1.54, 1.807) is 18.2 Å². The number of carboxylic acid groups (broad SMARTS) is 1. The molecule has 1 aromatic rings. The normalized spacial score (nSPS) is 14.3. The van der Waals surface area contributed by atoms with E-state index in [9.17, 15) is 19.5 Å². The molecule has 0 fully saturated rings. The Labute approximate surface area is 160 Å². The lowest BCUT2D eigenvalue weighted by Gasteiger charge is -2.38. The summed E-state index contributed by atoms with van der Waals surface area (Å²) >= 11 is 0. The number of aliphatic hydroxyl groups excluding tert-OH is 1. The van der Waals surface area contributed by atoms with Gasteiger partial charge >= 0.3 is 17.9 Å². The predicted octanol–water partition coefficient (Wildman–Crippen LogP) is 3.05. The van der Waals surface area contributed by atoms with Crippen molar-refractivity contribution in [3.8, 4) is 0 Å². The molecule has 0 saturated carbocycles. The van der Waals surface area contributed by atoms with Crippen molar-refractivity contribution in [3.05, 3.63) is 35.9 Å². The van der Waals surface area contributed by atoms with Crippen molar-refractivity contribution in [2.45, 2.75) is 64.0 Å². The Kier molecular flexibility index (Phi) is 7.88. The predicted molar refractivity (Wildman–Crippen MR) is 101 cm³/mol. The molecule has 2 N–H and O–H groups in total. The van der Waals surface area contributed by atoms with Crippen LogP contribution in [0.25, 0.3) is 0 Å². The lowest BCUT2D eigenvalue weighted by molar-refractivity contribution is -0.167. The lowest BCUT2D eigenvalue weighted by Crippen LogP contribution is -2.45. The molecule has 0 amide bonds. The van der Waals surface area contributed by atoms with Crippen molar-refractivity contribution in [2.24, 2.45) is 0 Å². The maximum atomic E-state index is 12.1. The fraction of sp³-hybridized carbons (Fsp3) is 0.526. The van der Waals surface area contributed by atoms with Crippen molar-refractivity contribution >= 4 is 26.2 Å². The molecule has 2 atom stereocenters. The first-order valence-electron chi connectivity index (χ1n) is 8.70. The highest BCUT2D eigenvalue weighted by Crippen LogP contribution is 2.38. The summed E-state index contributed by atoms with van der Waals surface area (Å²) in [6.45, 7) is 9.87. The van der Waals surface area contributed by atoms with Crippen LogP contribution < -0.4 is 0 Å². The number of ether oxygens (including phenoxy) is 1. The summed E-state index contributed by atoms with van der Waals surface area (Å²) in [5, 5.41) is 18.9. The van der Waals surface area contributed by atoms with Crippen molar-refractivity contribution in [1.82, 2.24) is 0 Å². The minimum atomic E-state index is -2.32. The number of hydrogen-bond donors (Lipinski definition) is 2. The zero-order valence-electron chi connectivity index (χ0n) is 16.4. The maximum absolute atomic E-state index is 12.1. The molecule has 0 bridgehead atoms. The summed E-state index contributed by atoms with van der Waals surface area (Å²) in [6, 6.07) is 8.07. The zero-order valence-corrected chi connectivity index (χ0v) is 17.4. The Hall–Kier alpha value is -2.03. The molecule has 8 heteroatoms. The highest BCUT2D eigenvalue weighted by atomic mass is 28.4. The fourth-order valence-electron chi connectivity index (χ4n) is 2.11. The van der Waals surface area contributed by atoms with Gasteiger partial charge in [0, 0.05) is 0 Å². The Balaban J connectivity index is 2.76. The summed E-state index contributed by atoms with van der Waals surface area (Å²) in [7, 11) is -2.32. The molecule has 150 valence electrons. The van der Waals surface area contributed by atoms with Gasteiger partial charge in [-0.25, -0.2) is 4.79 Å². The third kappa shape index (κ3) is 7.24. The number of esters is 2. The fourth-order valence-corrected chi connectivity index (χ4v) is 3.46. The van der Waals surface area contributed by atoms with E-state index in [0.29, 0.717) is 5.56 Å². The van der Waals surface area contributed by atoms with Crippen LogP contribution in [-0.4, -0.2) is 42.5 Å². The van der Waals surface area contributed by atoms with E-state index in [2.05, 4.69) is 0 Å². The Bertz CT molecular complexity index is 664. The van der Waals surface area contributed by atoms with Gasteiger partial charge in [0.15, 0.2) is 14.4 Å². The molecule has 1 rings (SSSR count). The van der Waals surface area contributed by atoms with Crippen LogP contribution in [0.1, 0.15) is 45.3 Å². The minimum Gasteiger partial charge on any atom is -0.481 e. The average molecular weight is 397 g/mol. The van der Waals surface area contributed by atoms with Crippen molar-refractivity contribution in [2.75, 3.05) is 0 Å². The van der Waals surface area contributed by atoms with Crippen LogP contribution in [0.2, 0.25) is 18.1 Å². The first kappa shape index (κ1) is 23.0. The van der Waals surface area contributed by atoms with Gasteiger partial charge in [-0.15, -0.1) is 0 Å². The number of carboxylic acids is 1. The van der Waals surface area contributed by atoms with Gasteiger partial charge < -0.3 is 19.4 Å². The van der Waals surface area contributed by atoms with Crippen molar-refractivity contribution in [3.63, 3.8) is 0 Å². The molecule has 0 aliphatic rings. The first-order chi connectivity index (χ1) is 12.3. The number of aliphatic carboxylic acids is 1. The van der Waals surface area contributed by atoms with E-state index in [1.807, 2.05) is 33.9 Å². The van der Waals surface area contributed by atoms with Crippen molar-refractivity contribution < 1.29 is 33.8 Å². The topological polar surface area (TPSA) is 110 Å². The molecular weight excluding hydrogens is 368 g/mol. The number of benzene rings is 1. The SMILES string of the molecule is CC(C)(C)[Si](C)(C)OC(CC(=O)O)CC(=O)OC(=O)C(O)c1ccccc1. The summed E-state index contributed by atoms with van der Waals surface area (Å²) in [5.74, 6) is -3.14. The van der Waals surface area contributed by atoms with E-state index in [4.69, 9.17) is 14.3 Å². The van der Waals surface area contributed by atoms with Crippen LogP contribution in [0.4, 0.5) is 0 Å². The second-order valence-corrected chi connectivity index (χ2v) is 12.7.